The van der Waals surface area contributed by atoms with Gasteiger partial charge in [-0.25, -0.2) is 0 Å². The van der Waals surface area contributed by atoms with E-state index in [1.165, 1.54) is 0 Å². The summed E-state index contributed by atoms with van der Waals surface area (Å²) >= 11 is 0. The number of carbonyl (C=O) groups excluding carboxylic acids is 1. The third kappa shape index (κ3) is 2.93. The predicted octanol–water partition coefficient (Wildman–Crippen LogP) is 2.13. The lowest BCUT2D eigenvalue weighted by Gasteiger charge is -2.28. The Morgan fingerprint density at radius 1 is 1.33 bits per heavy atom. The lowest BCUT2D eigenvalue weighted by atomic mass is 10.1. The summed E-state index contributed by atoms with van der Waals surface area (Å²) in [6.07, 6.45) is 4.61. The molecule has 3 rings (SSSR count). The van der Waals surface area contributed by atoms with Crippen LogP contribution in [0.1, 0.15) is 31.4 Å². The molecule has 1 heterocycles. The van der Waals surface area contributed by atoms with Crippen molar-refractivity contribution >= 4 is 16.9 Å². The van der Waals surface area contributed by atoms with E-state index in [1.54, 1.807) is 0 Å². The summed E-state index contributed by atoms with van der Waals surface area (Å²) in [5.74, 6) is 0.0232. The molecule has 1 aromatic heterocycles. The molecular formula is C16H20N2O3. The van der Waals surface area contributed by atoms with Gasteiger partial charge in [0.25, 0.3) is 0 Å². The maximum absolute atomic E-state index is 12.6. The van der Waals surface area contributed by atoms with Crippen molar-refractivity contribution in [3.8, 4) is 0 Å². The van der Waals surface area contributed by atoms with Gasteiger partial charge in [0.1, 0.15) is 5.69 Å². The first-order valence-corrected chi connectivity index (χ1v) is 7.53. The molecule has 0 radical (unpaired) electrons. The lowest BCUT2D eigenvalue weighted by Crippen LogP contribution is -2.41. The smallest absolute Gasteiger partial charge is 0.229 e. The summed E-state index contributed by atoms with van der Waals surface area (Å²) < 4.78 is 5.24. The first-order valence-electron chi connectivity index (χ1n) is 7.53. The van der Waals surface area contributed by atoms with Gasteiger partial charge in [-0.3, -0.25) is 4.79 Å². The number of nitrogens with zero attached hydrogens (tertiary/aromatic N) is 2. The third-order valence-electron chi connectivity index (χ3n) is 4.20. The van der Waals surface area contributed by atoms with Gasteiger partial charge in [-0.2, -0.15) is 0 Å². The van der Waals surface area contributed by atoms with Crippen LogP contribution in [0.4, 0.5) is 0 Å². The van der Waals surface area contributed by atoms with E-state index in [1.807, 2.05) is 29.2 Å². The lowest BCUT2D eigenvalue weighted by molar-refractivity contribution is -0.133. The number of rotatable bonds is 5. The Bertz CT molecular complexity index is 617. The minimum absolute atomic E-state index is 0.00179. The summed E-state index contributed by atoms with van der Waals surface area (Å²) in [4.78, 5) is 14.4. The third-order valence-corrected chi connectivity index (χ3v) is 4.20. The van der Waals surface area contributed by atoms with Gasteiger partial charge in [0.05, 0.1) is 13.0 Å². The molecule has 1 aliphatic rings. The molecule has 0 bridgehead atoms. The number of amides is 1. The number of benzene rings is 1. The van der Waals surface area contributed by atoms with Gasteiger partial charge in [-0.1, -0.05) is 30.1 Å². The van der Waals surface area contributed by atoms with Crippen molar-refractivity contribution < 1.29 is 14.4 Å². The summed E-state index contributed by atoms with van der Waals surface area (Å²) in [5, 5.41) is 14.1. The maximum Gasteiger partial charge on any atom is 0.229 e. The van der Waals surface area contributed by atoms with Crippen molar-refractivity contribution in [1.29, 1.82) is 0 Å². The fraction of sp³-hybridized carbons (Fsp3) is 0.500. The average molecular weight is 288 g/mol. The van der Waals surface area contributed by atoms with E-state index in [0.717, 1.165) is 31.1 Å². The van der Waals surface area contributed by atoms with Crippen LogP contribution in [-0.2, 0) is 11.2 Å². The molecule has 2 aromatic rings. The van der Waals surface area contributed by atoms with Gasteiger partial charge in [-0.15, -0.1) is 0 Å². The number of para-hydroxylation sites is 1. The van der Waals surface area contributed by atoms with Gasteiger partial charge < -0.3 is 14.5 Å². The van der Waals surface area contributed by atoms with E-state index in [0.29, 0.717) is 17.8 Å². The second kappa shape index (κ2) is 6.26. The standard InChI is InChI=1S/C16H20N2O3/c19-10-9-18(12-5-1-2-6-12)16(20)11-14-13-7-3-4-8-15(13)21-17-14/h3-4,7-8,12,19H,1-2,5-6,9-11H2. The van der Waals surface area contributed by atoms with Crippen molar-refractivity contribution in [1.82, 2.24) is 10.1 Å². The fourth-order valence-electron chi connectivity index (χ4n) is 3.14. The second-order valence-corrected chi connectivity index (χ2v) is 5.55. The molecule has 5 nitrogen and oxygen atoms in total. The number of aromatic nitrogens is 1. The fourth-order valence-corrected chi connectivity index (χ4v) is 3.14. The molecule has 0 saturated heterocycles. The molecule has 0 unspecified atom stereocenters. The Kier molecular flexibility index (Phi) is 4.20. The normalized spacial score (nSPS) is 15.7. The Morgan fingerprint density at radius 2 is 2.10 bits per heavy atom. The molecule has 0 spiro atoms. The van der Waals surface area contributed by atoms with Gasteiger partial charge >= 0.3 is 0 Å². The van der Waals surface area contributed by atoms with Crippen LogP contribution in [0.25, 0.3) is 11.0 Å². The number of hydrogen-bond acceptors (Lipinski definition) is 4. The van der Waals surface area contributed by atoms with E-state index in [-0.39, 0.29) is 25.0 Å². The van der Waals surface area contributed by atoms with Crippen LogP contribution in [0, 0.1) is 0 Å². The van der Waals surface area contributed by atoms with Crippen molar-refractivity contribution in [3.05, 3.63) is 30.0 Å². The molecule has 1 saturated carbocycles. The summed E-state index contributed by atoms with van der Waals surface area (Å²) in [6, 6.07) is 7.83. The van der Waals surface area contributed by atoms with E-state index in [2.05, 4.69) is 5.16 Å². The number of carbonyl (C=O) groups is 1. The van der Waals surface area contributed by atoms with Crippen LogP contribution in [0.2, 0.25) is 0 Å². The van der Waals surface area contributed by atoms with Crippen LogP contribution in [0.15, 0.2) is 28.8 Å². The zero-order valence-electron chi connectivity index (χ0n) is 12.0. The number of hydrogen-bond donors (Lipinski definition) is 1. The Morgan fingerprint density at radius 3 is 2.86 bits per heavy atom. The van der Waals surface area contributed by atoms with Gasteiger partial charge in [-0.05, 0) is 25.0 Å². The molecule has 1 aromatic carbocycles. The molecule has 5 heteroatoms. The highest BCUT2D eigenvalue weighted by Crippen LogP contribution is 2.25. The molecule has 1 fully saturated rings. The Labute approximate surface area is 123 Å². The van der Waals surface area contributed by atoms with Crippen LogP contribution in [0.5, 0.6) is 0 Å². The van der Waals surface area contributed by atoms with E-state index in [4.69, 9.17) is 4.52 Å². The summed E-state index contributed by atoms with van der Waals surface area (Å²) in [5.41, 5.74) is 1.38. The van der Waals surface area contributed by atoms with E-state index < -0.39 is 0 Å². The molecule has 1 amide bonds. The van der Waals surface area contributed by atoms with Gasteiger partial charge in [0.2, 0.25) is 5.91 Å². The minimum atomic E-state index is 0.00179. The number of fused-ring (bicyclic) bond motifs is 1. The summed E-state index contributed by atoms with van der Waals surface area (Å²) in [7, 11) is 0. The predicted molar refractivity (Wildman–Crippen MR) is 78.8 cm³/mol. The van der Waals surface area contributed by atoms with Gasteiger partial charge in [0.15, 0.2) is 5.58 Å². The van der Waals surface area contributed by atoms with Gasteiger partial charge in [0, 0.05) is 18.0 Å². The summed E-state index contributed by atoms with van der Waals surface area (Å²) in [6.45, 7) is 0.404. The first-order chi connectivity index (χ1) is 10.3. The van der Waals surface area contributed by atoms with Crippen LogP contribution in [0.3, 0.4) is 0 Å². The molecular weight excluding hydrogens is 268 g/mol. The SMILES string of the molecule is O=C(Cc1noc2ccccc12)N(CCO)C1CCCC1. The van der Waals surface area contributed by atoms with Crippen molar-refractivity contribution in [2.45, 2.75) is 38.1 Å². The molecule has 1 aliphatic carbocycles. The number of aliphatic hydroxyl groups is 1. The highest BCUT2D eigenvalue weighted by Gasteiger charge is 2.27. The largest absolute Gasteiger partial charge is 0.395 e. The molecule has 112 valence electrons. The van der Waals surface area contributed by atoms with Crippen molar-refractivity contribution in [2.75, 3.05) is 13.2 Å². The highest BCUT2D eigenvalue weighted by molar-refractivity contribution is 5.86. The van der Waals surface area contributed by atoms with Crippen LogP contribution < -0.4 is 0 Å². The molecule has 21 heavy (non-hydrogen) atoms. The Hall–Kier alpha value is -1.88. The van der Waals surface area contributed by atoms with E-state index >= 15 is 0 Å². The molecule has 0 aliphatic heterocycles. The topological polar surface area (TPSA) is 66.6 Å². The van der Waals surface area contributed by atoms with Crippen molar-refractivity contribution in [3.63, 3.8) is 0 Å². The first kappa shape index (κ1) is 14.1. The Balaban J connectivity index is 1.77. The van der Waals surface area contributed by atoms with E-state index in [9.17, 15) is 9.90 Å². The zero-order valence-corrected chi connectivity index (χ0v) is 12.0. The highest BCUT2D eigenvalue weighted by atomic mass is 16.5. The van der Waals surface area contributed by atoms with Crippen LogP contribution in [-0.4, -0.2) is 40.3 Å². The molecule has 1 N–H and O–H groups in total. The second-order valence-electron chi connectivity index (χ2n) is 5.55. The van der Waals surface area contributed by atoms with Crippen LogP contribution >= 0.6 is 0 Å². The monoisotopic (exact) mass is 288 g/mol. The van der Waals surface area contributed by atoms with Crippen molar-refractivity contribution in [2.24, 2.45) is 0 Å². The average Bonchev–Trinajstić information content (AvgIpc) is 3.15. The maximum atomic E-state index is 12.6. The quantitative estimate of drug-likeness (QED) is 0.915. The zero-order chi connectivity index (χ0) is 14.7. The molecule has 0 atom stereocenters. The minimum Gasteiger partial charge on any atom is -0.395 e. The number of aliphatic hydroxyl groups excluding tert-OH is 1.